The van der Waals surface area contributed by atoms with Gasteiger partial charge in [0, 0.05) is 13.2 Å². The Labute approximate surface area is 108 Å². The van der Waals surface area contributed by atoms with E-state index in [1.165, 1.54) is 17.1 Å². The number of aliphatic hydroxyl groups is 2. The van der Waals surface area contributed by atoms with Crippen LogP contribution in [-0.4, -0.2) is 55.3 Å². The predicted molar refractivity (Wildman–Crippen MR) is 67.1 cm³/mol. The van der Waals surface area contributed by atoms with Crippen LogP contribution in [0.2, 0.25) is 0 Å². The van der Waals surface area contributed by atoms with Crippen molar-refractivity contribution in [2.24, 2.45) is 7.05 Å². The van der Waals surface area contributed by atoms with E-state index >= 15 is 0 Å². The maximum absolute atomic E-state index is 11.2. The predicted octanol–water partition coefficient (Wildman–Crippen LogP) is -0.568. The summed E-state index contributed by atoms with van der Waals surface area (Å²) in [5.74, 6) is -1.14. The third kappa shape index (κ3) is 2.35. The van der Waals surface area contributed by atoms with E-state index in [4.69, 9.17) is 15.3 Å². The SMILES string of the molecule is Cn1ncc2c(NC(CO)CO)c(C(=O)O)cnc21. The van der Waals surface area contributed by atoms with Crippen molar-refractivity contribution in [1.82, 2.24) is 14.8 Å². The first kappa shape index (κ1) is 13.2. The lowest BCUT2D eigenvalue weighted by Gasteiger charge is -2.17. The number of nitrogens with zero attached hydrogens (tertiary/aromatic N) is 3. The Morgan fingerprint density at radius 2 is 2.11 bits per heavy atom. The molecular formula is C11H14N4O4. The number of rotatable bonds is 5. The van der Waals surface area contributed by atoms with E-state index < -0.39 is 12.0 Å². The van der Waals surface area contributed by atoms with Crippen molar-refractivity contribution in [3.63, 3.8) is 0 Å². The third-order valence-electron chi connectivity index (χ3n) is 2.78. The Bertz CT molecular complexity index is 606. The molecule has 4 N–H and O–H groups in total. The van der Waals surface area contributed by atoms with Gasteiger partial charge in [-0.25, -0.2) is 9.78 Å². The Balaban J connectivity index is 2.58. The third-order valence-corrected chi connectivity index (χ3v) is 2.78. The normalized spacial score (nSPS) is 11.2. The van der Waals surface area contributed by atoms with E-state index in [0.29, 0.717) is 16.7 Å². The van der Waals surface area contributed by atoms with E-state index in [-0.39, 0.29) is 18.8 Å². The Morgan fingerprint density at radius 1 is 1.42 bits per heavy atom. The topological polar surface area (TPSA) is 120 Å². The molecule has 0 saturated carbocycles. The van der Waals surface area contributed by atoms with Crippen LogP contribution in [0.3, 0.4) is 0 Å². The molecule has 0 bridgehead atoms. The minimum atomic E-state index is -1.14. The molecule has 0 spiro atoms. The van der Waals surface area contributed by atoms with E-state index in [1.807, 2.05) is 0 Å². The van der Waals surface area contributed by atoms with Gasteiger partial charge in [-0.1, -0.05) is 0 Å². The average molecular weight is 266 g/mol. The smallest absolute Gasteiger partial charge is 0.339 e. The lowest BCUT2D eigenvalue weighted by Crippen LogP contribution is -2.28. The molecule has 2 aromatic heterocycles. The molecule has 19 heavy (non-hydrogen) atoms. The Morgan fingerprint density at radius 3 is 2.68 bits per heavy atom. The summed E-state index contributed by atoms with van der Waals surface area (Å²) < 4.78 is 1.51. The van der Waals surface area contributed by atoms with E-state index in [0.717, 1.165) is 0 Å². The monoisotopic (exact) mass is 266 g/mol. The van der Waals surface area contributed by atoms with Gasteiger partial charge in [-0.05, 0) is 0 Å². The molecule has 0 unspecified atom stereocenters. The summed E-state index contributed by atoms with van der Waals surface area (Å²) in [5.41, 5.74) is 0.772. The first-order valence-electron chi connectivity index (χ1n) is 5.60. The van der Waals surface area contributed by atoms with Gasteiger partial charge >= 0.3 is 5.97 Å². The second-order valence-corrected chi connectivity index (χ2v) is 4.06. The zero-order chi connectivity index (χ0) is 14.0. The van der Waals surface area contributed by atoms with Crippen molar-refractivity contribution >= 4 is 22.7 Å². The molecule has 0 atom stereocenters. The summed E-state index contributed by atoms with van der Waals surface area (Å²) in [6, 6.07) is -0.649. The summed E-state index contributed by atoms with van der Waals surface area (Å²) in [7, 11) is 1.69. The van der Waals surface area contributed by atoms with Crippen LogP contribution < -0.4 is 5.32 Å². The van der Waals surface area contributed by atoms with Gasteiger partial charge in [0.1, 0.15) is 5.56 Å². The van der Waals surface area contributed by atoms with Gasteiger partial charge in [0.15, 0.2) is 5.65 Å². The van der Waals surface area contributed by atoms with Crippen molar-refractivity contribution in [3.8, 4) is 0 Å². The quantitative estimate of drug-likeness (QED) is 0.572. The first-order chi connectivity index (χ1) is 9.08. The molecule has 0 aliphatic rings. The lowest BCUT2D eigenvalue weighted by molar-refractivity contribution is 0.0697. The molecule has 102 valence electrons. The molecule has 0 aliphatic heterocycles. The van der Waals surface area contributed by atoms with Gasteiger partial charge in [-0.2, -0.15) is 5.10 Å². The van der Waals surface area contributed by atoms with Gasteiger partial charge < -0.3 is 20.6 Å². The number of aryl methyl sites for hydroxylation is 1. The highest BCUT2D eigenvalue weighted by Crippen LogP contribution is 2.26. The highest BCUT2D eigenvalue weighted by atomic mass is 16.4. The number of anilines is 1. The number of aromatic nitrogens is 3. The highest BCUT2D eigenvalue weighted by Gasteiger charge is 2.19. The number of carboxylic acid groups (broad SMARTS) is 1. The first-order valence-corrected chi connectivity index (χ1v) is 5.60. The van der Waals surface area contributed by atoms with Crippen LogP contribution in [0.5, 0.6) is 0 Å². The zero-order valence-corrected chi connectivity index (χ0v) is 10.2. The van der Waals surface area contributed by atoms with E-state index in [9.17, 15) is 4.79 Å². The molecule has 0 aromatic carbocycles. The highest BCUT2D eigenvalue weighted by molar-refractivity contribution is 6.03. The number of pyridine rings is 1. The maximum atomic E-state index is 11.2. The molecule has 8 nitrogen and oxygen atoms in total. The van der Waals surface area contributed by atoms with Crippen LogP contribution in [0.25, 0.3) is 11.0 Å². The number of carbonyl (C=O) groups is 1. The number of nitrogens with one attached hydrogen (secondary N) is 1. The van der Waals surface area contributed by atoms with E-state index in [2.05, 4.69) is 15.4 Å². The number of aliphatic hydroxyl groups excluding tert-OH is 2. The molecular weight excluding hydrogens is 252 g/mol. The van der Waals surface area contributed by atoms with Gasteiger partial charge in [0.2, 0.25) is 0 Å². The second kappa shape index (κ2) is 5.21. The van der Waals surface area contributed by atoms with Gasteiger partial charge in [-0.15, -0.1) is 0 Å². The molecule has 0 fully saturated rings. The lowest BCUT2D eigenvalue weighted by atomic mass is 10.1. The van der Waals surface area contributed by atoms with E-state index in [1.54, 1.807) is 7.05 Å². The van der Waals surface area contributed by atoms with Crippen LogP contribution in [0, 0.1) is 0 Å². The van der Waals surface area contributed by atoms with Gasteiger partial charge in [0.25, 0.3) is 0 Å². The summed E-state index contributed by atoms with van der Waals surface area (Å²) in [4.78, 5) is 15.2. The van der Waals surface area contributed by atoms with Crippen LogP contribution in [-0.2, 0) is 7.05 Å². The molecule has 2 aromatic rings. The van der Waals surface area contributed by atoms with Crippen LogP contribution in [0.1, 0.15) is 10.4 Å². The van der Waals surface area contributed by atoms with Crippen LogP contribution in [0.4, 0.5) is 5.69 Å². The number of hydrogen-bond acceptors (Lipinski definition) is 6. The number of carboxylic acids is 1. The van der Waals surface area contributed by atoms with Crippen molar-refractivity contribution in [2.45, 2.75) is 6.04 Å². The fourth-order valence-electron chi connectivity index (χ4n) is 1.77. The molecule has 0 amide bonds. The summed E-state index contributed by atoms with van der Waals surface area (Å²) in [5, 5.41) is 34.7. The van der Waals surface area contributed by atoms with Crippen LogP contribution in [0.15, 0.2) is 12.4 Å². The maximum Gasteiger partial charge on any atom is 0.339 e. The fraction of sp³-hybridized carbons (Fsp3) is 0.364. The van der Waals surface area contributed by atoms with Crippen molar-refractivity contribution in [2.75, 3.05) is 18.5 Å². The molecule has 2 rings (SSSR count). The van der Waals surface area contributed by atoms with Crippen molar-refractivity contribution in [1.29, 1.82) is 0 Å². The van der Waals surface area contributed by atoms with Crippen molar-refractivity contribution < 1.29 is 20.1 Å². The Hall–Kier alpha value is -2.19. The zero-order valence-electron chi connectivity index (χ0n) is 10.2. The molecule has 2 heterocycles. The molecule has 0 saturated heterocycles. The second-order valence-electron chi connectivity index (χ2n) is 4.06. The van der Waals surface area contributed by atoms with Crippen LogP contribution >= 0.6 is 0 Å². The number of hydrogen-bond donors (Lipinski definition) is 4. The van der Waals surface area contributed by atoms with Gasteiger partial charge in [0.05, 0.1) is 36.5 Å². The fourth-order valence-corrected chi connectivity index (χ4v) is 1.77. The Kier molecular flexibility index (Phi) is 3.63. The minimum absolute atomic E-state index is 0.0348. The number of fused-ring (bicyclic) bond motifs is 1. The standard InChI is InChI=1S/C11H14N4O4/c1-15-10-7(3-13-15)9(14-6(4-16)5-17)8(2-12-10)11(18)19/h2-3,6,16-17H,4-5H2,1H3,(H,12,14)(H,18,19). The number of aromatic carboxylic acids is 1. The largest absolute Gasteiger partial charge is 0.478 e. The summed E-state index contributed by atoms with van der Waals surface area (Å²) >= 11 is 0. The summed E-state index contributed by atoms with van der Waals surface area (Å²) in [6.07, 6.45) is 2.71. The molecule has 0 aliphatic carbocycles. The average Bonchev–Trinajstić information content (AvgIpc) is 2.77. The minimum Gasteiger partial charge on any atom is -0.478 e. The molecule has 8 heteroatoms. The van der Waals surface area contributed by atoms with Gasteiger partial charge in [-0.3, -0.25) is 4.68 Å². The van der Waals surface area contributed by atoms with Crippen molar-refractivity contribution in [3.05, 3.63) is 18.0 Å². The summed E-state index contributed by atoms with van der Waals surface area (Å²) in [6.45, 7) is -0.640. The molecule has 0 radical (unpaired) electrons.